The average molecular weight is 507 g/mol. The van der Waals surface area contributed by atoms with E-state index in [1.54, 1.807) is 30.0 Å². The van der Waals surface area contributed by atoms with Crippen LogP contribution in [0.15, 0.2) is 41.5 Å². The molecule has 1 amide bonds. The van der Waals surface area contributed by atoms with Gasteiger partial charge in [0.25, 0.3) is 5.91 Å². The van der Waals surface area contributed by atoms with Crippen LogP contribution < -0.4 is 11.1 Å². The quantitative estimate of drug-likeness (QED) is 0.477. The van der Waals surface area contributed by atoms with Crippen molar-refractivity contribution in [1.29, 1.82) is 0 Å². The number of nitrogens with one attached hydrogen (secondary N) is 1. The summed E-state index contributed by atoms with van der Waals surface area (Å²) in [6.07, 6.45) is 2.14. The third-order valence-corrected chi connectivity index (χ3v) is 6.41. The van der Waals surface area contributed by atoms with Crippen LogP contribution in [0.1, 0.15) is 34.8 Å². The van der Waals surface area contributed by atoms with Crippen LogP contribution in [0.3, 0.4) is 0 Å². The van der Waals surface area contributed by atoms with Crippen LogP contribution in [0.2, 0.25) is 10.0 Å². The molecule has 0 radical (unpaired) electrons. The number of carbonyl (C=O) groups excluding carboxylic acids is 1. The number of piperazine rings is 1. The van der Waals surface area contributed by atoms with Gasteiger partial charge in [-0.15, -0.1) is 0 Å². The summed E-state index contributed by atoms with van der Waals surface area (Å²) >= 11 is 12.3. The molecule has 2 aliphatic heterocycles. The number of hydrogen-bond donors (Lipinski definition) is 2. The molecule has 1 aromatic carbocycles. The summed E-state index contributed by atoms with van der Waals surface area (Å²) in [5, 5.41) is 3.16. The molecule has 8 nitrogen and oxygen atoms in total. The first-order valence-corrected chi connectivity index (χ1v) is 11.5. The number of aliphatic imine (C=N–C) groups is 1. The minimum absolute atomic E-state index is 0.130. The van der Waals surface area contributed by atoms with E-state index >= 15 is 0 Å². The maximum Gasteiger partial charge on any atom is 0.272 e. The van der Waals surface area contributed by atoms with E-state index in [9.17, 15) is 9.18 Å². The lowest BCUT2D eigenvalue weighted by molar-refractivity contribution is -0.0484. The van der Waals surface area contributed by atoms with Crippen molar-refractivity contribution in [2.24, 2.45) is 10.7 Å². The third-order valence-electron chi connectivity index (χ3n) is 5.69. The number of nitrogens with zero attached hydrogens (tertiary/aromatic N) is 4. The van der Waals surface area contributed by atoms with Gasteiger partial charge in [0, 0.05) is 36.8 Å². The van der Waals surface area contributed by atoms with Gasteiger partial charge in [0.05, 0.1) is 34.9 Å². The standard InChI is InChI=1S/C23H25Cl2FN6O2/c1-14(20-15(24)6-7-16(26)21(20)25)34-23(27)13-28-12-19(30-23)17-4-3-5-18(29-17)22(33)32-10-8-31(2)9-11-32/h3-7,12-14,30H,8-11,27H2,1-2H3. The normalized spacial score (nSPS) is 21.7. The van der Waals surface area contributed by atoms with Crippen LogP contribution in [0, 0.1) is 5.82 Å². The number of nitrogens with two attached hydrogens (primary N) is 1. The molecule has 2 aliphatic rings. The van der Waals surface area contributed by atoms with Crippen molar-refractivity contribution in [3.8, 4) is 0 Å². The number of amides is 1. The molecule has 34 heavy (non-hydrogen) atoms. The molecule has 2 unspecified atom stereocenters. The van der Waals surface area contributed by atoms with Crippen LogP contribution >= 0.6 is 23.2 Å². The first kappa shape index (κ1) is 24.6. The zero-order valence-corrected chi connectivity index (χ0v) is 20.3. The lowest BCUT2D eigenvalue weighted by Gasteiger charge is -2.34. The Bertz CT molecular complexity index is 1150. The number of benzene rings is 1. The van der Waals surface area contributed by atoms with Gasteiger partial charge in [0.1, 0.15) is 11.5 Å². The van der Waals surface area contributed by atoms with Crippen LogP contribution in [-0.4, -0.2) is 66.0 Å². The second-order valence-corrected chi connectivity index (χ2v) is 9.04. The molecule has 1 fully saturated rings. The van der Waals surface area contributed by atoms with Gasteiger partial charge in [0.15, 0.2) is 0 Å². The highest BCUT2D eigenvalue weighted by atomic mass is 35.5. The minimum Gasteiger partial charge on any atom is -0.337 e. The molecule has 4 rings (SSSR count). The molecule has 180 valence electrons. The molecule has 2 atom stereocenters. The Morgan fingerprint density at radius 1 is 1.24 bits per heavy atom. The fourth-order valence-electron chi connectivity index (χ4n) is 3.83. The lowest BCUT2D eigenvalue weighted by atomic mass is 10.1. The molecule has 0 spiro atoms. The molecular weight excluding hydrogens is 482 g/mol. The van der Waals surface area contributed by atoms with Crippen LogP contribution in [0.25, 0.3) is 5.70 Å². The van der Waals surface area contributed by atoms with Crippen molar-refractivity contribution >= 4 is 41.0 Å². The molecule has 3 N–H and O–H groups in total. The number of carbonyl (C=O) groups is 1. The summed E-state index contributed by atoms with van der Waals surface area (Å²) in [5.74, 6) is -2.30. The second kappa shape index (κ2) is 9.97. The number of aromatic nitrogens is 1. The van der Waals surface area contributed by atoms with E-state index < -0.39 is 17.8 Å². The SMILES string of the molecule is CC(OC1(N)C=NC=C(c2cccc(C(=O)N3CCN(C)CC3)n2)N1)c1c(Cl)ccc(F)c1Cl. The Balaban J connectivity index is 1.50. The highest BCUT2D eigenvalue weighted by molar-refractivity contribution is 6.36. The summed E-state index contributed by atoms with van der Waals surface area (Å²) in [6, 6.07) is 7.76. The Morgan fingerprint density at radius 3 is 2.71 bits per heavy atom. The Labute approximate surface area is 207 Å². The van der Waals surface area contributed by atoms with Crippen LogP contribution in [0.5, 0.6) is 0 Å². The van der Waals surface area contributed by atoms with Crippen molar-refractivity contribution in [3.05, 3.63) is 69.3 Å². The topological polar surface area (TPSA) is 96.1 Å². The first-order chi connectivity index (χ1) is 16.2. The van der Waals surface area contributed by atoms with E-state index in [2.05, 4.69) is 20.2 Å². The van der Waals surface area contributed by atoms with Gasteiger partial charge in [-0.2, -0.15) is 0 Å². The molecule has 0 saturated carbocycles. The maximum atomic E-state index is 14.0. The first-order valence-electron chi connectivity index (χ1n) is 10.7. The van der Waals surface area contributed by atoms with Crippen LogP contribution in [0.4, 0.5) is 4.39 Å². The van der Waals surface area contributed by atoms with Gasteiger partial charge in [-0.1, -0.05) is 29.3 Å². The molecule has 2 aromatic rings. The van der Waals surface area contributed by atoms with E-state index in [1.165, 1.54) is 24.5 Å². The molecular formula is C23H25Cl2FN6O2. The third kappa shape index (κ3) is 5.24. The van der Waals surface area contributed by atoms with E-state index in [0.717, 1.165) is 13.1 Å². The maximum absolute atomic E-state index is 14.0. The lowest BCUT2D eigenvalue weighted by Crippen LogP contribution is -2.57. The summed E-state index contributed by atoms with van der Waals surface area (Å²) in [4.78, 5) is 25.6. The summed E-state index contributed by atoms with van der Waals surface area (Å²) in [5.41, 5.74) is 7.92. The fourth-order valence-corrected chi connectivity index (χ4v) is 4.51. The largest absolute Gasteiger partial charge is 0.337 e. The monoisotopic (exact) mass is 506 g/mol. The summed E-state index contributed by atoms with van der Waals surface area (Å²) in [7, 11) is 2.03. The van der Waals surface area contributed by atoms with Crippen molar-refractivity contribution in [2.45, 2.75) is 18.9 Å². The molecule has 0 aliphatic carbocycles. The molecule has 0 bridgehead atoms. The van der Waals surface area contributed by atoms with Crippen molar-refractivity contribution < 1.29 is 13.9 Å². The average Bonchev–Trinajstić information content (AvgIpc) is 2.81. The second-order valence-electron chi connectivity index (χ2n) is 8.26. The zero-order valence-electron chi connectivity index (χ0n) is 18.8. The van der Waals surface area contributed by atoms with E-state index in [0.29, 0.717) is 30.2 Å². The fraction of sp³-hybridized carbons (Fsp3) is 0.348. The molecule has 1 saturated heterocycles. The number of hydrogen-bond acceptors (Lipinski definition) is 7. The van der Waals surface area contributed by atoms with E-state index in [1.807, 2.05) is 7.05 Å². The molecule has 11 heteroatoms. The van der Waals surface area contributed by atoms with Crippen molar-refractivity contribution in [2.75, 3.05) is 33.2 Å². The summed E-state index contributed by atoms with van der Waals surface area (Å²) < 4.78 is 19.9. The van der Waals surface area contributed by atoms with Gasteiger partial charge in [-0.25, -0.2) is 9.37 Å². The van der Waals surface area contributed by atoms with Gasteiger partial charge < -0.3 is 19.9 Å². The number of pyridine rings is 1. The van der Waals surface area contributed by atoms with E-state index in [4.69, 9.17) is 33.7 Å². The predicted molar refractivity (Wildman–Crippen MR) is 130 cm³/mol. The molecule has 3 heterocycles. The number of halogens is 3. The Kier molecular flexibility index (Phi) is 7.20. The van der Waals surface area contributed by atoms with Gasteiger partial charge >= 0.3 is 0 Å². The Morgan fingerprint density at radius 2 is 1.97 bits per heavy atom. The highest BCUT2D eigenvalue weighted by Gasteiger charge is 2.32. The predicted octanol–water partition coefficient (Wildman–Crippen LogP) is 3.28. The van der Waals surface area contributed by atoms with Gasteiger partial charge in [-0.05, 0) is 38.2 Å². The smallest absolute Gasteiger partial charge is 0.272 e. The summed E-state index contributed by atoms with van der Waals surface area (Å²) in [6.45, 7) is 4.59. The minimum atomic E-state index is -1.55. The van der Waals surface area contributed by atoms with Crippen molar-refractivity contribution in [3.63, 3.8) is 0 Å². The van der Waals surface area contributed by atoms with Crippen LogP contribution in [-0.2, 0) is 4.74 Å². The number of likely N-dealkylation sites (N-methyl/N-ethyl adjacent to an activating group) is 1. The van der Waals surface area contributed by atoms with Crippen molar-refractivity contribution in [1.82, 2.24) is 20.1 Å². The zero-order chi connectivity index (χ0) is 24.5. The van der Waals surface area contributed by atoms with E-state index in [-0.39, 0.29) is 21.5 Å². The number of ether oxygens (including phenoxy) is 1. The highest BCUT2D eigenvalue weighted by Crippen LogP contribution is 2.35. The van der Waals surface area contributed by atoms with Gasteiger partial charge in [-0.3, -0.25) is 15.5 Å². The molecule has 1 aromatic heterocycles. The van der Waals surface area contributed by atoms with Gasteiger partial charge in [0.2, 0.25) is 5.85 Å². The Hall–Kier alpha value is -2.56. The number of rotatable bonds is 5.